The second kappa shape index (κ2) is 4.86. The van der Waals surface area contributed by atoms with Gasteiger partial charge in [0.15, 0.2) is 3.77 Å². The monoisotopic (exact) mass is 331 g/mol. The van der Waals surface area contributed by atoms with Gasteiger partial charge < -0.3 is 9.73 Å². The fourth-order valence-electron chi connectivity index (χ4n) is 1.43. The Morgan fingerprint density at radius 2 is 2.12 bits per heavy atom. The van der Waals surface area contributed by atoms with Crippen molar-refractivity contribution in [3.8, 4) is 0 Å². The fourth-order valence-corrected chi connectivity index (χ4v) is 1.89. The van der Waals surface area contributed by atoms with Crippen LogP contribution < -0.4 is 5.32 Å². The number of nitrogens with one attached hydrogen (secondary N) is 1. The maximum Gasteiger partial charge on any atom is 0.164 e. The van der Waals surface area contributed by atoms with Gasteiger partial charge in [0.05, 0.1) is 6.54 Å². The van der Waals surface area contributed by atoms with Gasteiger partial charge >= 0.3 is 0 Å². The summed E-state index contributed by atoms with van der Waals surface area (Å²) in [5, 5.41) is 3.15. The van der Waals surface area contributed by atoms with E-state index in [0.717, 1.165) is 15.2 Å². The van der Waals surface area contributed by atoms with Gasteiger partial charge in [-0.25, -0.2) is 4.39 Å². The second-order valence-corrected chi connectivity index (χ2v) is 4.53. The number of furan rings is 1. The summed E-state index contributed by atoms with van der Waals surface area (Å²) < 4.78 is 19.5. The van der Waals surface area contributed by atoms with Crippen LogP contribution in [-0.4, -0.2) is 0 Å². The maximum absolute atomic E-state index is 13.2. The average Bonchev–Trinajstić information content (AvgIpc) is 2.67. The van der Waals surface area contributed by atoms with Gasteiger partial charge in [0.1, 0.15) is 11.6 Å². The Bertz CT molecular complexity index is 496. The molecule has 0 aliphatic rings. The zero-order valence-electron chi connectivity index (χ0n) is 8.76. The molecule has 1 aromatic heterocycles. The summed E-state index contributed by atoms with van der Waals surface area (Å²) in [5.41, 5.74) is 1.43. The summed E-state index contributed by atoms with van der Waals surface area (Å²) in [4.78, 5) is 0. The third kappa shape index (κ3) is 2.55. The molecule has 0 saturated heterocycles. The van der Waals surface area contributed by atoms with Gasteiger partial charge in [0.2, 0.25) is 0 Å². The number of halogens is 2. The van der Waals surface area contributed by atoms with Crippen molar-refractivity contribution in [2.45, 2.75) is 13.5 Å². The standard InChI is InChI=1S/C12H11FINO/c1-8-10(13)3-2-4-11(8)15-7-9-5-6-12(14)16-9/h2-6,15H,7H2,1H3. The van der Waals surface area contributed by atoms with E-state index in [1.807, 2.05) is 18.2 Å². The summed E-state index contributed by atoms with van der Waals surface area (Å²) in [6, 6.07) is 8.80. The van der Waals surface area contributed by atoms with E-state index in [2.05, 4.69) is 27.9 Å². The van der Waals surface area contributed by atoms with E-state index in [1.165, 1.54) is 6.07 Å². The predicted molar refractivity (Wildman–Crippen MR) is 69.9 cm³/mol. The lowest BCUT2D eigenvalue weighted by molar-refractivity contribution is 0.492. The highest BCUT2D eigenvalue weighted by molar-refractivity contribution is 14.1. The first-order valence-electron chi connectivity index (χ1n) is 4.90. The summed E-state index contributed by atoms with van der Waals surface area (Å²) in [5.74, 6) is 0.645. The van der Waals surface area contributed by atoms with Gasteiger partial charge in [-0.15, -0.1) is 0 Å². The topological polar surface area (TPSA) is 25.2 Å². The maximum atomic E-state index is 13.2. The normalized spacial score (nSPS) is 10.4. The summed E-state index contributed by atoms with van der Waals surface area (Å²) in [7, 11) is 0. The average molecular weight is 331 g/mol. The molecule has 0 fully saturated rings. The lowest BCUT2D eigenvalue weighted by atomic mass is 10.2. The van der Waals surface area contributed by atoms with Gasteiger partial charge in [-0.2, -0.15) is 0 Å². The van der Waals surface area contributed by atoms with Gasteiger partial charge in [-0.05, 0) is 53.8 Å². The molecule has 84 valence electrons. The minimum absolute atomic E-state index is 0.195. The van der Waals surface area contributed by atoms with Crippen LogP contribution in [0.15, 0.2) is 34.7 Å². The zero-order valence-corrected chi connectivity index (χ0v) is 10.9. The van der Waals surface area contributed by atoms with Crippen molar-refractivity contribution in [3.05, 3.63) is 51.2 Å². The van der Waals surface area contributed by atoms with Gasteiger partial charge in [0, 0.05) is 11.3 Å². The molecular formula is C12H11FINO. The molecule has 4 heteroatoms. The zero-order chi connectivity index (χ0) is 11.5. The fraction of sp³-hybridized carbons (Fsp3) is 0.167. The van der Waals surface area contributed by atoms with E-state index in [1.54, 1.807) is 13.0 Å². The molecule has 16 heavy (non-hydrogen) atoms. The van der Waals surface area contributed by atoms with Crippen LogP contribution in [0.4, 0.5) is 10.1 Å². The van der Waals surface area contributed by atoms with E-state index < -0.39 is 0 Å². The third-order valence-corrected chi connectivity index (χ3v) is 2.93. The van der Waals surface area contributed by atoms with Crippen LogP contribution in [0.1, 0.15) is 11.3 Å². The first-order chi connectivity index (χ1) is 7.66. The van der Waals surface area contributed by atoms with E-state index in [9.17, 15) is 4.39 Å². The Labute approximate surface area is 107 Å². The highest BCUT2D eigenvalue weighted by Crippen LogP contribution is 2.19. The molecule has 0 radical (unpaired) electrons. The summed E-state index contributed by atoms with van der Waals surface area (Å²) >= 11 is 2.11. The molecule has 2 nitrogen and oxygen atoms in total. The first kappa shape index (κ1) is 11.4. The lowest BCUT2D eigenvalue weighted by Crippen LogP contribution is -2.00. The van der Waals surface area contributed by atoms with Crippen molar-refractivity contribution in [2.75, 3.05) is 5.32 Å². The smallest absolute Gasteiger partial charge is 0.164 e. The summed E-state index contributed by atoms with van der Waals surface area (Å²) in [6.45, 7) is 2.32. The number of hydrogen-bond acceptors (Lipinski definition) is 2. The van der Waals surface area contributed by atoms with Crippen molar-refractivity contribution in [2.24, 2.45) is 0 Å². The molecule has 1 aromatic carbocycles. The van der Waals surface area contributed by atoms with E-state index >= 15 is 0 Å². The Morgan fingerprint density at radius 3 is 2.81 bits per heavy atom. The van der Waals surface area contributed by atoms with Crippen LogP contribution in [0.5, 0.6) is 0 Å². The number of rotatable bonds is 3. The molecule has 0 saturated carbocycles. The number of anilines is 1. The van der Waals surface area contributed by atoms with Crippen LogP contribution in [0.3, 0.4) is 0 Å². The molecule has 0 atom stereocenters. The Hall–Kier alpha value is -1.04. The molecule has 0 unspecified atom stereocenters. The third-order valence-electron chi connectivity index (χ3n) is 2.35. The predicted octanol–water partition coefficient (Wildman–Crippen LogP) is 3.94. The molecule has 0 aliphatic carbocycles. The van der Waals surface area contributed by atoms with Gasteiger partial charge in [0.25, 0.3) is 0 Å². The van der Waals surface area contributed by atoms with Crippen molar-refractivity contribution < 1.29 is 8.81 Å². The van der Waals surface area contributed by atoms with Crippen LogP contribution in [0.2, 0.25) is 0 Å². The number of hydrogen-bond donors (Lipinski definition) is 1. The minimum Gasteiger partial charge on any atom is -0.454 e. The van der Waals surface area contributed by atoms with Gasteiger partial charge in [-0.1, -0.05) is 6.07 Å². The van der Waals surface area contributed by atoms with E-state index in [4.69, 9.17) is 4.42 Å². The highest BCUT2D eigenvalue weighted by Gasteiger charge is 2.04. The minimum atomic E-state index is -0.195. The Kier molecular flexibility index (Phi) is 3.48. The van der Waals surface area contributed by atoms with Crippen LogP contribution in [0.25, 0.3) is 0 Å². The molecule has 2 rings (SSSR count). The van der Waals surface area contributed by atoms with Crippen molar-refractivity contribution in [1.29, 1.82) is 0 Å². The molecule has 0 aliphatic heterocycles. The molecule has 0 bridgehead atoms. The largest absolute Gasteiger partial charge is 0.454 e. The van der Waals surface area contributed by atoms with Crippen LogP contribution in [-0.2, 0) is 6.54 Å². The lowest BCUT2D eigenvalue weighted by Gasteiger charge is -2.08. The van der Waals surface area contributed by atoms with Crippen LogP contribution in [0, 0.1) is 16.5 Å². The highest BCUT2D eigenvalue weighted by atomic mass is 127. The molecule has 1 N–H and O–H groups in total. The Balaban J connectivity index is 2.07. The quantitative estimate of drug-likeness (QED) is 0.862. The Morgan fingerprint density at radius 1 is 1.31 bits per heavy atom. The van der Waals surface area contributed by atoms with Crippen molar-refractivity contribution in [3.63, 3.8) is 0 Å². The second-order valence-electron chi connectivity index (χ2n) is 3.47. The first-order valence-corrected chi connectivity index (χ1v) is 5.98. The molecule has 0 amide bonds. The SMILES string of the molecule is Cc1c(F)cccc1NCc1ccc(I)o1. The van der Waals surface area contributed by atoms with E-state index in [0.29, 0.717) is 12.1 Å². The van der Waals surface area contributed by atoms with Crippen molar-refractivity contribution >= 4 is 28.3 Å². The molecule has 0 spiro atoms. The molecule has 1 heterocycles. The molecular weight excluding hydrogens is 320 g/mol. The summed E-state index contributed by atoms with van der Waals surface area (Å²) in [6.07, 6.45) is 0. The van der Waals surface area contributed by atoms with E-state index in [-0.39, 0.29) is 5.82 Å². The van der Waals surface area contributed by atoms with Crippen LogP contribution >= 0.6 is 22.6 Å². The number of benzene rings is 1. The van der Waals surface area contributed by atoms with Crippen molar-refractivity contribution in [1.82, 2.24) is 0 Å². The van der Waals surface area contributed by atoms with Gasteiger partial charge in [-0.3, -0.25) is 0 Å². The molecule has 2 aromatic rings.